The van der Waals surface area contributed by atoms with Crippen LogP contribution in [0.3, 0.4) is 0 Å². The molecule has 0 heterocycles. The molecule has 1 N–H and O–H groups in total. The predicted molar refractivity (Wildman–Crippen MR) is 73.0 cm³/mol. The lowest BCUT2D eigenvalue weighted by Crippen LogP contribution is -2.29. The number of ether oxygens (including phenoxy) is 1. The summed E-state index contributed by atoms with van der Waals surface area (Å²) in [6, 6.07) is 3.43. The molecule has 2 atom stereocenters. The van der Waals surface area contributed by atoms with Gasteiger partial charge in [-0.2, -0.15) is 0 Å². The zero-order valence-electron chi connectivity index (χ0n) is 11.9. The van der Waals surface area contributed by atoms with Crippen molar-refractivity contribution >= 4 is 0 Å². The molecule has 0 saturated heterocycles. The summed E-state index contributed by atoms with van der Waals surface area (Å²) in [5.41, 5.74) is 0.400. The molecule has 1 aromatic carbocycles. The number of benzene rings is 1. The SMILES string of the molecule is CCCNC(c1cc(F)ccc1F)C(C)CCOC. The van der Waals surface area contributed by atoms with Crippen LogP contribution < -0.4 is 5.32 Å². The van der Waals surface area contributed by atoms with E-state index in [2.05, 4.69) is 5.32 Å². The van der Waals surface area contributed by atoms with Crippen LogP contribution in [0.15, 0.2) is 18.2 Å². The largest absolute Gasteiger partial charge is 0.385 e. The van der Waals surface area contributed by atoms with Crippen LogP contribution in [0.25, 0.3) is 0 Å². The summed E-state index contributed by atoms with van der Waals surface area (Å²) in [4.78, 5) is 0. The van der Waals surface area contributed by atoms with Crippen LogP contribution in [0.2, 0.25) is 0 Å². The number of nitrogens with one attached hydrogen (secondary N) is 1. The Labute approximate surface area is 114 Å². The third-order valence-corrected chi connectivity index (χ3v) is 3.25. The zero-order valence-corrected chi connectivity index (χ0v) is 11.9. The Bertz CT molecular complexity index is 384. The Kier molecular flexibility index (Phi) is 6.95. The van der Waals surface area contributed by atoms with Gasteiger partial charge in [-0.1, -0.05) is 13.8 Å². The maximum absolute atomic E-state index is 13.9. The number of hydrogen-bond donors (Lipinski definition) is 1. The van der Waals surface area contributed by atoms with Gasteiger partial charge in [0.25, 0.3) is 0 Å². The molecule has 0 amide bonds. The molecule has 0 aromatic heterocycles. The van der Waals surface area contributed by atoms with Crippen molar-refractivity contribution in [2.45, 2.75) is 32.7 Å². The molecule has 0 radical (unpaired) electrons. The molecular formula is C15H23F2NO. The first-order chi connectivity index (χ1) is 9.10. The van der Waals surface area contributed by atoms with Crippen molar-refractivity contribution in [1.82, 2.24) is 5.32 Å². The van der Waals surface area contributed by atoms with Gasteiger partial charge >= 0.3 is 0 Å². The fraction of sp³-hybridized carbons (Fsp3) is 0.600. The van der Waals surface area contributed by atoms with E-state index in [4.69, 9.17) is 4.74 Å². The molecule has 0 bridgehead atoms. The average Bonchev–Trinajstić information content (AvgIpc) is 2.40. The summed E-state index contributed by atoms with van der Waals surface area (Å²) in [7, 11) is 1.64. The second-order valence-corrected chi connectivity index (χ2v) is 4.86. The first kappa shape index (κ1) is 16.1. The smallest absolute Gasteiger partial charge is 0.128 e. The van der Waals surface area contributed by atoms with E-state index in [0.29, 0.717) is 12.2 Å². The van der Waals surface area contributed by atoms with E-state index in [1.807, 2.05) is 13.8 Å². The fourth-order valence-corrected chi connectivity index (χ4v) is 2.14. The van der Waals surface area contributed by atoms with Crippen molar-refractivity contribution in [3.63, 3.8) is 0 Å². The normalized spacial score (nSPS) is 14.4. The highest BCUT2D eigenvalue weighted by Gasteiger charge is 2.22. The fourth-order valence-electron chi connectivity index (χ4n) is 2.14. The third kappa shape index (κ3) is 4.88. The summed E-state index contributed by atoms with van der Waals surface area (Å²) >= 11 is 0. The van der Waals surface area contributed by atoms with Gasteiger partial charge in [-0.15, -0.1) is 0 Å². The lowest BCUT2D eigenvalue weighted by molar-refractivity contribution is 0.169. The first-order valence-corrected chi connectivity index (χ1v) is 6.77. The standard InChI is InChI=1S/C15H23F2NO/c1-4-8-18-15(11(2)7-9-19-3)13-10-12(16)5-6-14(13)17/h5-6,10-11,15,18H,4,7-9H2,1-3H3. The molecule has 1 aromatic rings. The number of rotatable bonds is 8. The maximum atomic E-state index is 13.9. The number of halogens is 2. The minimum atomic E-state index is -0.404. The monoisotopic (exact) mass is 271 g/mol. The Balaban J connectivity index is 2.91. The highest BCUT2D eigenvalue weighted by Crippen LogP contribution is 2.27. The van der Waals surface area contributed by atoms with Crippen molar-refractivity contribution < 1.29 is 13.5 Å². The van der Waals surface area contributed by atoms with Gasteiger partial charge in [0.2, 0.25) is 0 Å². The molecule has 2 nitrogen and oxygen atoms in total. The van der Waals surface area contributed by atoms with Crippen molar-refractivity contribution in [2.24, 2.45) is 5.92 Å². The van der Waals surface area contributed by atoms with Crippen molar-refractivity contribution in [3.8, 4) is 0 Å². The van der Waals surface area contributed by atoms with Gasteiger partial charge in [-0.05, 0) is 43.5 Å². The van der Waals surface area contributed by atoms with E-state index >= 15 is 0 Å². The Hall–Kier alpha value is -1.00. The predicted octanol–water partition coefficient (Wildman–Crippen LogP) is 3.68. The molecule has 1 rings (SSSR count). The molecule has 19 heavy (non-hydrogen) atoms. The van der Waals surface area contributed by atoms with E-state index in [-0.39, 0.29) is 17.8 Å². The van der Waals surface area contributed by atoms with Gasteiger partial charge in [-0.3, -0.25) is 0 Å². The van der Waals surface area contributed by atoms with Crippen LogP contribution in [0.5, 0.6) is 0 Å². The second kappa shape index (κ2) is 8.23. The maximum Gasteiger partial charge on any atom is 0.128 e. The van der Waals surface area contributed by atoms with Crippen LogP contribution in [0, 0.1) is 17.6 Å². The number of hydrogen-bond acceptors (Lipinski definition) is 2. The van der Waals surface area contributed by atoms with E-state index < -0.39 is 5.82 Å². The zero-order chi connectivity index (χ0) is 14.3. The first-order valence-electron chi connectivity index (χ1n) is 6.77. The third-order valence-electron chi connectivity index (χ3n) is 3.25. The number of methoxy groups -OCH3 is 1. The molecule has 0 aliphatic heterocycles. The molecule has 0 fully saturated rings. The minimum Gasteiger partial charge on any atom is -0.385 e. The summed E-state index contributed by atoms with van der Waals surface area (Å²) in [6.45, 7) is 5.46. The van der Waals surface area contributed by atoms with Crippen molar-refractivity contribution in [3.05, 3.63) is 35.4 Å². The summed E-state index contributed by atoms with van der Waals surface area (Å²) in [5, 5.41) is 3.30. The van der Waals surface area contributed by atoms with Gasteiger partial charge in [-0.25, -0.2) is 8.78 Å². The Morgan fingerprint density at radius 1 is 1.32 bits per heavy atom. The average molecular weight is 271 g/mol. The second-order valence-electron chi connectivity index (χ2n) is 4.86. The van der Waals surface area contributed by atoms with E-state index in [9.17, 15) is 8.78 Å². The van der Waals surface area contributed by atoms with Crippen LogP contribution >= 0.6 is 0 Å². The van der Waals surface area contributed by atoms with Crippen LogP contribution in [-0.4, -0.2) is 20.3 Å². The van der Waals surface area contributed by atoms with Gasteiger partial charge in [0.05, 0.1) is 0 Å². The van der Waals surface area contributed by atoms with Gasteiger partial charge in [0, 0.05) is 25.3 Å². The van der Waals surface area contributed by atoms with Gasteiger partial charge < -0.3 is 10.1 Å². The molecule has 2 unspecified atom stereocenters. The minimum absolute atomic E-state index is 0.169. The lowest BCUT2D eigenvalue weighted by atomic mass is 9.91. The van der Waals surface area contributed by atoms with E-state index in [1.54, 1.807) is 7.11 Å². The van der Waals surface area contributed by atoms with Crippen molar-refractivity contribution in [1.29, 1.82) is 0 Å². The molecular weight excluding hydrogens is 248 g/mol. The highest BCUT2D eigenvalue weighted by atomic mass is 19.1. The van der Waals surface area contributed by atoms with Crippen LogP contribution in [-0.2, 0) is 4.74 Å². The molecule has 108 valence electrons. The summed E-state index contributed by atoms with van der Waals surface area (Å²) in [6.07, 6.45) is 1.75. The summed E-state index contributed by atoms with van der Waals surface area (Å²) in [5.74, 6) is -0.597. The molecule has 4 heteroatoms. The van der Waals surface area contributed by atoms with Gasteiger partial charge in [0.1, 0.15) is 11.6 Å². The van der Waals surface area contributed by atoms with E-state index in [0.717, 1.165) is 25.5 Å². The van der Waals surface area contributed by atoms with Crippen molar-refractivity contribution in [2.75, 3.05) is 20.3 Å². The molecule has 0 aliphatic rings. The summed E-state index contributed by atoms with van der Waals surface area (Å²) < 4.78 is 32.3. The molecule has 0 spiro atoms. The molecule has 0 saturated carbocycles. The topological polar surface area (TPSA) is 21.3 Å². The highest BCUT2D eigenvalue weighted by molar-refractivity contribution is 5.23. The van der Waals surface area contributed by atoms with Gasteiger partial charge in [0.15, 0.2) is 0 Å². The van der Waals surface area contributed by atoms with E-state index in [1.165, 1.54) is 12.1 Å². The Morgan fingerprint density at radius 2 is 2.05 bits per heavy atom. The Morgan fingerprint density at radius 3 is 2.68 bits per heavy atom. The van der Waals surface area contributed by atoms with Crippen LogP contribution in [0.1, 0.15) is 38.3 Å². The van der Waals surface area contributed by atoms with Crippen LogP contribution in [0.4, 0.5) is 8.78 Å². The molecule has 0 aliphatic carbocycles. The lowest BCUT2D eigenvalue weighted by Gasteiger charge is -2.26. The quantitative estimate of drug-likeness (QED) is 0.778.